The Kier molecular flexibility index (Phi) is 4.37. The minimum atomic E-state index is -3.25. The van der Waals surface area contributed by atoms with Crippen LogP contribution in [-0.2, 0) is 15.6 Å². The summed E-state index contributed by atoms with van der Waals surface area (Å²) >= 11 is 0. The van der Waals surface area contributed by atoms with Crippen molar-refractivity contribution in [3.63, 3.8) is 0 Å². The molecule has 0 saturated heterocycles. The second-order valence-corrected chi connectivity index (χ2v) is 6.99. The van der Waals surface area contributed by atoms with Gasteiger partial charge in [0.2, 0.25) is 0 Å². The zero-order valence-electron chi connectivity index (χ0n) is 10.2. The van der Waals surface area contributed by atoms with Gasteiger partial charge in [0.15, 0.2) is 9.84 Å². The highest BCUT2D eigenvalue weighted by atomic mass is 32.2. The summed E-state index contributed by atoms with van der Waals surface area (Å²) < 4.78 is 23.8. The summed E-state index contributed by atoms with van der Waals surface area (Å²) in [6.45, 7) is 0.360. The first kappa shape index (κ1) is 13.5. The fourth-order valence-electron chi connectivity index (χ4n) is 1.83. The molecule has 18 heavy (non-hydrogen) atoms. The molecule has 0 heterocycles. The van der Waals surface area contributed by atoms with Crippen molar-refractivity contribution in [1.82, 2.24) is 5.32 Å². The molecule has 100 valence electrons. The van der Waals surface area contributed by atoms with Crippen molar-refractivity contribution in [1.29, 1.82) is 0 Å². The van der Waals surface area contributed by atoms with Crippen molar-refractivity contribution in [2.75, 3.05) is 12.3 Å². The van der Waals surface area contributed by atoms with E-state index in [1.165, 1.54) is 0 Å². The summed E-state index contributed by atoms with van der Waals surface area (Å²) in [6.07, 6.45) is 1.44. The average molecular weight is 269 g/mol. The lowest BCUT2D eigenvalue weighted by Crippen LogP contribution is -2.33. The molecule has 0 radical (unpaired) electrons. The van der Waals surface area contributed by atoms with Crippen LogP contribution in [0.4, 0.5) is 0 Å². The minimum Gasteiger partial charge on any atom is -0.391 e. The molecule has 5 heteroatoms. The molecule has 1 aromatic rings. The van der Waals surface area contributed by atoms with E-state index in [9.17, 15) is 13.5 Å². The number of benzene rings is 1. The first-order valence-corrected chi connectivity index (χ1v) is 8.03. The summed E-state index contributed by atoms with van der Waals surface area (Å²) in [4.78, 5) is 0. The lowest BCUT2D eigenvalue weighted by Gasteiger charge is -2.12. The van der Waals surface area contributed by atoms with Crippen molar-refractivity contribution in [2.24, 2.45) is 0 Å². The third kappa shape index (κ3) is 4.76. The normalized spacial score (nSPS) is 17.6. The SMILES string of the molecule is O=S(=O)(Cc1ccccc1)CC(O)CNC1CC1. The van der Waals surface area contributed by atoms with Crippen molar-refractivity contribution < 1.29 is 13.5 Å². The summed E-state index contributed by atoms with van der Waals surface area (Å²) in [5.74, 6) is -0.185. The monoisotopic (exact) mass is 269 g/mol. The van der Waals surface area contributed by atoms with Gasteiger partial charge in [-0.3, -0.25) is 0 Å². The lowest BCUT2D eigenvalue weighted by molar-refractivity contribution is 0.193. The molecule has 1 aromatic carbocycles. The summed E-state index contributed by atoms with van der Waals surface area (Å²) in [6, 6.07) is 9.53. The first-order chi connectivity index (χ1) is 8.55. The maximum Gasteiger partial charge on any atom is 0.157 e. The second kappa shape index (κ2) is 5.82. The van der Waals surface area contributed by atoms with Crippen LogP contribution in [-0.4, -0.2) is 38.0 Å². The Morgan fingerprint density at radius 3 is 2.56 bits per heavy atom. The average Bonchev–Trinajstić information content (AvgIpc) is 3.10. The van der Waals surface area contributed by atoms with Gasteiger partial charge in [-0.05, 0) is 18.4 Å². The van der Waals surface area contributed by atoms with Crippen LogP contribution in [0, 0.1) is 0 Å². The van der Waals surface area contributed by atoms with Crippen molar-refractivity contribution in [3.05, 3.63) is 35.9 Å². The summed E-state index contributed by atoms with van der Waals surface area (Å²) in [5, 5.41) is 12.8. The van der Waals surface area contributed by atoms with Crippen LogP contribution < -0.4 is 5.32 Å². The molecule has 0 aliphatic heterocycles. The second-order valence-electron chi connectivity index (χ2n) is 4.88. The zero-order chi connectivity index (χ0) is 13.0. The molecule has 0 spiro atoms. The Bertz CT molecular complexity index is 468. The molecule has 1 saturated carbocycles. The molecule has 1 fully saturated rings. The summed E-state index contributed by atoms with van der Waals surface area (Å²) in [7, 11) is -3.25. The van der Waals surface area contributed by atoms with Gasteiger partial charge in [0.05, 0.1) is 17.6 Å². The molecule has 0 amide bonds. The van der Waals surface area contributed by atoms with Crippen LogP contribution in [0.25, 0.3) is 0 Å². The fraction of sp³-hybridized carbons (Fsp3) is 0.538. The molecule has 0 aromatic heterocycles. The Labute approximate surface area is 108 Å². The van der Waals surface area contributed by atoms with E-state index in [4.69, 9.17) is 0 Å². The highest BCUT2D eigenvalue weighted by Gasteiger charge is 2.23. The Morgan fingerprint density at radius 1 is 1.28 bits per heavy atom. The molecular weight excluding hydrogens is 250 g/mol. The van der Waals surface area contributed by atoms with Gasteiger partial charge in [0.25, 0.3) is 0 Å². The van der Waals surface area contributed by atoms with Gasteiger partial charge in [-0.15, -0.1) is 0 Å². The van der Waals surface area contributed by atoms with Crippen molar-refractivity contribution >= 4 is 9.84 Å². The van der Waals surface area contributed by atoms with Crippen LogP contribution in [0.5, 0.6) is 0 Å². The Hall–Kier alpha value is -0.910. The van der Waals surface area contributed by atoms with Gasteiger partial charge >= 0.3 is 0 Å². The molecule has 1 atom stereocenters. The van der Waals surface area contributed by atoms with Gasteiger partial charge in [-0.1, -0.05) is 30.3 Å². The molecule has 2 N–H and O–H groups in total. The quantitative estimate of drug-likeness (QED) is 0.765. The fourth-order valence-corrected chi connectivity index (χ4v) is 3.35. The predicted octanol–water partition coefficient (Wildman–Crippen LogP) is 0.714. The first-order valence-electron chi connectivity index (χ1n) is 6.21. The number of hydrogen-bond acceptors (Lipinski definition) is 4. The number of sulfone groups is 1. The number of hydrogen-bond donors (Lipinski definition) is 2. The maximum atomic E-state index is 11.9. The molecule has 4 nitrogen and oxygen atoms in total. The zero-order valence-corrected chi connectivity index (χ0v) is 11.1. The maximum absolute atomic E-state index is 11.9. The molecule has 1 aliphatic carbocycles. The molecule has 2 rings (SSSR count). The van der Waals surface area contributed by atoms with E-state index in [0.717, 1.165) is 18.4 Å². The lowest BCUT2D eigenvalue weighted by atomic mass is 10.2. The molecule has 1 aliphatic rings. The van der Waals surface area contributed by atoms with E-state index in [1.54, 1.807) is 12.1 Å². The van der Waals surface area contributed by atoms with Crippen LogP contribution in [0.1, 0.15) is 18.4 Å². The van der Waals surface area contributed by atoms with Gasteiger partial charge in [0, 0.05) is 12.6 Å². The van der Waals surface area contributed by atoms with Gasteiger partial charge < -0.3 is 10.4 Å². The number of rotatable bonds is 7. The van der Waals surface area contributed by atoms with E-state index < -0.39 is 15.9 Å². The molecule has 1 unspecified atom stereocenters. The van der Waals surface area contributed by atoms with Gasteiger partial charge in [-0.2, -0.15) is 0 Å². The van der Waals surface area contributed by atoms with E-state index in [2.05, 4.69) is 5.32 Å². The Balaban J connectivity index is 1.82. The van der Waals surface area contributed by atoms with Crippen molar-refractivity contribution in [3.8, 4) is 0 Å². The van der Waals surface area contributed by atoms with E-state index in [-0.39, 0.29) is 11.5 Å². The predicted molar refractivity (Wildman–Crippen MR) is 71.0 cm³/mol. The number of aliphatic hydroxyl groups is 1. The smallest absolute Gasteiger partial charge is 0.157 e. The van der Waals surface area contributed by atoms with Crippen molar-refractivity contribution in [2.45, 2.75) is 30.7 Å². The van der Waals surface area contributed by atoms with E-state index in [1.807, 2.05) is 18.2 Å². The highest BCUT2D eigenvalue weighted by molar-refractivity contribution is 7.90. The van der Waals surface area contributed by atoms with Crippen LogP contribution in [0.15, 0.2) is 30.3 Å². The third-order valence-electron chi connectivity index (χ3n) is 2.90. The van der Waals surface area contributed by atoms with Gasteiger partial charge in [-0.25, -0.2) is 8.42 Å². The highest BCUT2D eigenvalue weighted by Crippen LogP contribution is 2.18. The minimum absolute atomic E-state index is 0.00563. The van der Waals surface area contributed by atoms with Crippen LogP contribution >= 0.6 is 0 Å². The van der Waals surface area contributed by atoms with Gasteiger partial charge in [0.1, 0.15) is 0 Å². The summed E-state index contributed by atoms with van der Waals surface area (Å²) in [5.41, 5.74) is 0.764. The third-order valence-corrected chi connectivity index (χ3v) is 4.56. The topological polar surface area (TPSA) is 66.4 Å². The van der Waals surface area contributed by atoms with E-state index in [0.29, 0.717) is 12.6 Å². The van der Waals surface area contributed by atoms with Crippen LogP contribution in [0.3, 0.4) is 0 Å². The molecular formula is C13H19NO3S. The largest absolute Gasteiger partial charge is 0.391 e. The molecule has 0 bridgehead atoms. The Morgan fingerprint density at radius 2 is 1.94 bits per heavy atom. The number of aliphatic hydroxyl groups excluding tert-OH is 1. The van der Waals surface area contributed by atoms with E-state index >= 15 is 0 Å². The number of nitrogens with one attached hydrogen (secondary N) is 1. The van der Waals surface area contributed by atoms with Crippen LogP contribution in [0.2, 0.25) is 0 Å². The standard InChI is InChI=1S/C13H19NO3S/c15-13(8-14-12-6-7-12)10-18(16,17)9-11-4-2-1-3-5-11/h1-5,12-15H,6-10H2.